The van der Waals surface area contributed by atoms with Gasteiger partial charge in [0.15, 0.2) is 0 Å². The molecule has 0 spiro atoms. The molecule has 0 aliphatic rings. The molecular weight excluding hydrogens is 298 g/mol. The summed E-state index contributed by atoms with van der Waals surface area (Å²) in [6, 6.07) is 26.9. The van der Waals surface area contributed by atoms with Gasteiger partial charge in [-0.15, -0.1) is 0 Å². The van der Waals surface area contributed by atoms with E-state index in [9.17, 15) is 0 Å². The zero-order valence-corrected chi connectivity index (χ0v) is 12.7. The summed E-state index contributed by atoms with van der Waals surface area (Å²) in [4.78, 5) is 3.30. The molecular formula is C19H17FeN-6. The van der Waals surface area contributed by atoms with Crippen LogP contribution in [0.15, 0.2) is 85.1 Å². The van der Waals surface area contributed by atoms with Crippen LogP contribution in [0.2, 0.25) is 0 Å². The summed E-state index contributed by atoms with van der Waals surface area (Å²) in [6.07, 6.45) is 3.12. The summed E-state index contributed by atoms with van der Waals surface area (Å²) in [5.74, 6) is 0. The number of hydrogen-bond acceptors (Lipinski definition) is 0. The van der Waals surface area contributed by atoms with Crippen LogP contribution in [0.5, 0.6) is 0 Å². The molecule has 0 radical (unpaired) electrons. The van der Waals surface area contributed by atoms with Crippen molar-refractivity contribution in [2.24, 2.45) is 0 Å². The number of rotatable bonds is 2. The largest absolute Gasteiger partial charge is 0.748 e. The fraction of sp³-hybridized carbons (Fsp3) is 0.0526. The molecule has 3 aromatic carbocycles. The summed E-state index contributed by atoms with van der Waals surface area (Å²) in [5, 5.41) is 1.33. The summed E-state index contributed by atoms with van der Waals surface area (Å²) >= 11 is 0. The normalized spacial score (nSPS) is 9.71. The molecule has 0 saturated heterocycles. The van der Waals surface area contributed by atoms with Crippen molar-refractivity contribution in [3.8, 4) is 0 Å². The van der Waals surface area contributed by atoms with Crippen LogP contribution >= 0.6 is 0 Å². The maximum absolute atomic E-state index is 3.30. The predicted octanol–water partition coefficient (Wildman–Crippen LogP) is 4.88. The second-order valence-electron chi connectivity index (χ2n) is 4.79. The van der Waals surface area contributed by atoms with E-state index in [-0.39, 0.29) is 17.1 Å². The third-order valence-corrected chi connectivity index (χ3v) is 3.36. The molecule has 0 unspecified atom stereocenters. The van der Waals surface area contributed by atoms with E-state index in [0.29, 0.717) is 0 Å². The standard InChI is InChI=1S/C14H12N.C5H5.Fe/c1-2-6-11(5-1)9-12-10-15-14-8-4-3-7-13(12)14;1-2-4-5-3-1;/h1-8,10,15H,9H2;1-5H;/q-5;-1;. The Balaban J connectivity index is 0.000000231. The van der Waals surface area contributed by atoms with Crippen LogP contribution in [-0.4, -0.2) is 4.98 Å². The second kappa shape index (κ2) is 7.68. The molecule has 112 valence electrons. The van der Waals surface area contributed by atoms with Crippen molar-refractivity contribution in [1.82, 2.24) is 4.98 Å². The number of aromatic nitrogens is 1. The fourth-order valence-electron chi connectivity index (χ4n) is 2.35. The molecule has 1 nitrogen and oxygen atoms in total. The topological polar surface area (TPSA) is 15.8 Å². The average Bonchev–Trinajstić information content (AvgIpc) is 3.24. The van der Waals surface area contributed by atoms with Crippen molar-refractivity contribution in [2.45, 2.75) is 6.42 Å². The smallest absolute Gasteiger partial charge is 0.0455 e. The Labute approximate surface area is 135 Å². The van der Waals surface area contributed by atoms with Gasteiger partial charge in [-0.2, -0.15) is 24.6 Å². The molecule has 0 aliphatic carbocycles. The summed E-state index contributed by atoms with van der Waals surface area (Å²) in [6.45, 7) is 0. The summed E-state index contributed by atoms with van der Waals surface area (Å²) in [5.41, 5.74) is 3.97. The Bertz CT molecular complexity index is 716. The monoisotopic (exact) mass is 315 g/mol. The van der Waals surface area contributed by atoms with E-state index < -0.39 is 0 Å². The van der Waals surface area contributed by atoms with Crippen LogP contribution in [0.1, 0.15) is 11.1 Å². The second-order valence-corrected chi connectivity index (χ2v) is 4.79. The van der Waals surface area contributed by atoms with Gasteiger partial charge in [0.25, 0.3) is 0 Å². The van der Waals surface area contributed by atoms with E-state index in [0.717, 1.165) is 6.42 Å². The molecule has 1 aromatic heterocycles. The van der Waals surface area contributed by atoms with E-state index >= 15 is 0 Å². The minimum Gasteiger partial charge on any atom is -0.748 e. The maximum Gasteiger partial charge on any atom is 0.0455 e. The predicted molar refractivity (Wildman–Crippen MR) is 85.2 cm³/mol. The Morgan fingerprint density at radius 1 is 0.952 bits per heavy atom. The van der Waals surface area contributed by atoms with Gasteiger partial charge in [0.2, 0.25) is 0 Å². The van der Waals surface area contributed by atoms with Crippen molar-refractivity contribution in [3.05, 3.63) is 96.2 Å². The minimum absolute atomic E-state index is 0. The van der Waals surface area contributed by atoms with Gasteiger partial charge in [0.05, 0.1) is 0 Å². The molecule has 0 bridgehead atoms. The van der Waals surface area contributed by atoms with Crippen molar-refractivity contribution < 1.29 is 17.1 Å². The van der Waals surface area contributed by atoms with Crippen LogP contribution < -0.4 is 0 Å². The Morgan fingerprint density at radius 2 is 1.67 bits per heavy atom. The van der Waals surface area contributed by atoms with E-state index in [1.807, 2.05) is 30.3 Å². The molecule has 0 fully saturated rings. The summed E-state index contributed by atoms with van der Waals surface area (Å²) in [7, 11) is 0. The SMILES string of the molecule is [Fe].c1cc[cH-]c1.c1ccc2c(C[c-]3[cH-][cH-][cH-][cH-]3)c[nH]c2c1. The molecule has 4 aromatic rings. The van der Waals surface area contributed by atoms with Gasteiger partial charge in [0.1, 0.15) is 0 Å². The Hall–Kier alpha value is -2.02. The Kier molecular flexibility index (Phi) is 5.62. The zero-order valence-electron chi connectivity index (χ0n) is 11.6. The third kappa shape index (κ3) is 3.98. The van der Waals surface area contributed by atoms with Crippen molar-refractivity contribution in [3.63, 3.8) is 0 Å². The third-order valence-electron chi connectivity index (χ3n) is 3.36. The van der Waals surface area contributed by atoms with Gasteiger partial charge >= 0.3 is 0 Å². The van der Waals surface area contributed by atoms with Gasteiger partial charge < -0.3 is 34.8 Å². The number of nitrogens with one attached hydrogen (secondary N) is 1. The first-order chi connectivity index (χ1) is 9.93. The number of H-pyrrole nitrogens is 1. The van der Waals surface area contributed by atoms with Gasteiger partial charge in [-0.3, -0.25) is 0 Å². The minimum atomic E-state index is 0. The number of para-hydroxylation sites is 1. The average molecular weight is 315 g/mol. The number of hydrogen-bond donors (Lipinski definition) is 1. The number of fused-ring (bicyclic) bond motifs is 1. The van der Waals surface area contributed by atoms with E-state index in [1.165, 1.54) is 22.0 Å². The van der Waals surface area contributed by atoms with Crippen LogP contribution in [0, 0.1) is 0 Å². The number of aromatic amines is 1. The fourth-order valence-corrected chi connectivity index (χ4v) is 2.35. The maximum atomic E-state index is 3.30. The van der Waals surface area contributed by atoms with E-state index in [1.54, 1.807) is 0 Å². The van der Waals surface area contributed by atoms with E-state index in [2.05, 4.69) is 59.7 Å². The molecule has 21 heavy (non-hydrogen) atoms. The molecule has 0 aliphatic heterocycles. The first kappa shape index (κ1) is 15.4. The van der Waals surface area contributed by atoms with E-state index in [4.69, 9.17) is 0 Å². The molecule has 4 rings (SSSR count). The molecule has 0 amide bonds. The molecule has 2 heteroatoms. The quantitative estimate of drug-likeness (QED) is 0.401. The molecule has 1 N–H and O–H groups in total. The molecule has 0 saturated carbocycles. The van der Waals surface area contributed by atoms with Crippen molar-refractivity contribution >= 4 is 10.9 Å². The van der Waals surface area contributed by atoms with Crippen molar-refractivity contribution in [2.75, 3.05) is 0 Å². The van der Waals surface area contributed by atoms with Crippen LogP contribution in [0.4, 0.5) is 0 Å². The van der Waals surface area contributed by atoms with Crippen LogP contribution in [0.3, 0.4) is 0 Å². The van der Waals surface area contributed by atoms with Gasteiger partial charge in [-0.1, -0.05) is 23.8 Å². The van der Waals surface area contributed by atoms with Crippen molar-refractivity contribution in [1.29, 1.82) is 0 Å². The molecule has 0 atom stereocenters. The number of benzene rings is 1. The zero-order chi connectivity index (χ0) is 13.6. The Morgan fingerprint density at radius 3 is 2.33 bits per heavy atom. The summed E-state index contributed by atoms with van der Waals surface area (Å²) < 4.78 is 0. The molecule has 1 heterocycles. The first-order valence-corrected chi connectivity index (χ1v) is 6.86. The first-order valence-electron chi connectivity index (χ1n) is 6.86. The van der Waals surface area contributed by atoms with Gasteiger partial charge in [0, 0.05) is 28.8 Å². The van der Waals surface area contributed by atoms with Gasteiger partial charge in [-0.05, 0) is 11.5 Å². The van der Waals surface area contributed by atoms with Crippen LogP contribution in [-0.2, 0) is 23.5 Å². The van der Waals surface area contributed by atoms with Gasteiger partial charge in [-0.25, -0.2) is 12.1 Å². The van der Waals surface area contributed by atoms with Crippen LogP contribution in [0.25, 0.3) is 10.9 Å².